The quantitative estimate of drug-likeness (QED) is 0.594. The molecule has 80 valence electrons. The minimum atomic E-state index is -1.35. The summed E-state index contributed by atoms with van der Waals surface area (Å²) in [6.07, 6.45) is 3.87. The molecular weight excluding hydrogens is 180 g/mol. The van der Waals surface area contributed by atoms with Crippen molar-refractivity contribution in [2.24, 2.45) is 5.92 Å². The van der Waals surface area contributed by atoms with Gasteiger partial charge in [-0.15, -0.1) is 0 Å². The molecule has 3 heteroatoms. The van der Waals surface area contributed by atoms with Gasteiger partial charge in [0.2, 0.25) is 0 Å². The molecule has 13 heavy (non-hydrogen) atoms. The average molecular weight is 204 g/mol. The molecule has 1 atom stereocenters. The SMILES string of the molecule is CO[SiH](OC)C(C)CCCC(C)C. The molecule has 0 amide bonds. The second-order valence-corrected chi connectivity index (χ2v) is 6.96. The normalized spacial score (nSPS) is 14.1. The van der Waals surface area contributed by atoms with Crippen LogP contribution in [0.15, 0.2) is 0 Å². The van der Waals surface area contributed by atoms with Crippen molar-refractivity contribution in [2.75, 3.05) is 14.2 Å². The lowest BCUT2D eigenvalue weighted by atomic mass is 10.1. The van der Waals surface area contributed by atoms with Crippen LogP contribution in [-0.4, -0.2) is 23.5 Å². The van der Waals surface area contributed by atoms with E-state index in [1.165, 1.54) is 19.3 Å². The van der Waals surface area contributed by atoms with Gasteiger partial charge in [0.15, 0.2) is 0 Å². The third-order valence-electron chi connectivity index (χ3n) is 2.37. The highest BCUT2D eigenvalue weighted by Crippen LogP contribution is 2.20. The second kappa shape index (κ2) is 7.53. The molecule has 0 aromatic carbocycles. The molecule has 0 N–H and O–H groups in total. The maximum atomic E-state index is 5.34. The maximum absolute atomic E-state index is 5.34. The van der Waals surface area contributed by atoms with Gasteiger partial charge in [-0.3, -0.25) is 0 Å². The molecule has 0 fully saturated rings. The minimum Gasteiger partial charge on any atom is -0.400 e. The van der Waals surface area contributed by atoms with E-state index in [-0.39, 0.29) is 0 Å². The molecule has 0 aliphatic rings. The summed E-state index contributed by atoms with van der Waals surface area (Å²) in [4.78, 5) is 0. The lowest BCUT2D eigenvalue weighted by Crippen LogP contribution is -2.24. The molecule has 0 aliphatic heterocycles. The summed E-state index contributed by atoms with van der Waals surface area (Å²) in [6, 6.07) is 0. The lowest BCUT2D eigenvalue weighted by Gasteiger charge is -2.18. The fourth-order valence-corrected chi connectivity index (χ4v) is 3.17. The van der Waals surface area contributed by atoms with Gasteiger partial charge in [0, 0.05) is 14.2 Å². The van der Waals surface area contributed by atoms with Gasteiger partial charge in [0.25, 0.3) is 0 Å². The van der Waals surface area contributed by atoms with Crippen molar-refractivity contribution in [3.8, 4) is 0 Å². The van der Waals surface area contributed by atoms with Crippen LogP contribution in [0.2, 0.25) is 5.54 Å². The van der Waals surface area contributed by atoms with Gasteiger partial charge in [0.05, 0.1) is 0 Å². The Bertz CT molecular complexity index is 113. The van der Waals surface area contributed by atoms with Crippen LogP contribution in [0.4, 0.5) is 0 Å². The first-order valence-corrected chi connectivity index (χ1v) is 6.78. The fourth-order valence-electron chi connectivity index (χ4n) is 1.54. The smallest absolute Gasteiger partial charge is 0.323 e. The van der Waals surface area contributed by atoms with Gasteiger partial charge in [-0.2, -0.15) is 0 Å². The van der Waals surface area contributed by atoms with E-state index in [0.29, 0.717) is 5.54 Å². The predicted octanol–water partition coefficient (Wildman–Crippen LogP) is 2.72. The number of hydrogen-bond acceptors (Lipinski definition) is 2. The van der Waals surface area contributed by atoms with Crippen molar-refractivity contribution >= 4 is 9.28 Å². The maximum Gasteiger partial charge on any atom is 0.323 e. The van der Waals surface area contributed by atoms with Crippen LogP contribution in [-0.2, 0) is 8.85 Å². The Morgan fingerprint density at radius 3 is 1.92 bits per heavy atom. The fraction of sp³-hybridized carbons (Fsp3) is 1.00. The largest absolute Gasteiger partial charge is 0.400 e. The van der Waals surface area contributed by atoms with Crippen LogP contribution in [0.5, 0.6) is 0 Å². The summed E-state index contributed by atoms with van der Waals surface area (Å²) >= 11 is 0. The van der Waals surface area contributed by atoms with Crippen molar-refractivity contribution in [2.45, 2.75) is 45.6 Å². The summed E-state index contributed by atoms with van der Waals surface area (Å²) in [5.74, 6) is 0.817. The van der Waals surface area contributed by atoms with Gasteiger partial charge in [0.1, 0.15) is 0 Å². The number of hydrogen-bond donors (Lipinski definition) is 0. The summed E-state index contributed by atoms with van der Waals surface area (Å²) in [7, 11) is 2.18. The van der Waals surface area contributed by atoms with E-state index in [0.717, 1.165) is 5.92 Å². The Hall–Kier alpha value is 0.137. The van der Waals surface area contributed by atoms with Gasteiger partial charge < -0.3 is 8.85 Å². The first kappa shape index (κ1) is 13.1. The molecule has 0 spiro atoms. The third kappa shape index (κ3) is 6.24. The first-order valence-electron chi connectivity index (χ1n) is 5.17. The Kier molecular flexibility index (Phi) is 7.61. The van der Waals surface area contributed by atoms with Crippen molar-refractivity contribution in [3.05, 3.63) is 0 Å². The molecule has 0 bridgehead atoms. The molecule has 1 unspecified atom stereocenters. The average Bonchev–Trinajstić information content (AvgIpc) is 2.05. The highest BCUT2D eigenvalue weighted by Gasteiger charge is 2.18. The van der Waals surface area contributed by atoms with Crippen LogP contribution < -0.4 is 0 Å². The van der Waals surface area contributed by atoms with Crippen molar-refractivity contribution in [3.63, 3.8) is 0 Å². The van der Waals surface area contributed by atoms with Gasteiger partial charge in [-0.05, 0) is 17.9 Å². The third-order valence-corrected chi connectivity index (χ3v) is 4.56. The van der Waals surface area contributed by atoms with Crippen LogP contribution >= 0.6 is 0 Å². The van der Waals surface area contributed by atoms with Crippen LogP contribution in [0, 0.1) is 5.92 Å². The molecule has 0 heterocycles. The van der Waals surface area contributed by atoms with E-state index in [1.54, 1.807) is 14.2 Å². The van der Waals surface area contributed by atoms with Gasteiger partial charge in [-0.1, -0.05) is 33.6 Å². The molecule has 0 aliphatic carbocycles. The van der Waals surface area contributed by atoms with Crippen molar-refractivity contribution in [1.82, 2.24) is 0 Å². The molecule has 0 aromatic heterocycles. The molecule has 0 saturated carbocycles. The highest BCUT2D eigenvalue weighted by molar-refractivity contribution is 6.46. The summed E-state index contributed by atoms with van der Waals surface area (Å²) in [5.41, 5.74) is 0.633. The lowest BCUT2D eigenvalue weighted by molar-refractivity contribution is 0.263. The highest BCUT2D eigenvalue weighted by atomic mass is 28.3. The Labute approximate surface area is 84.5 Å². The zero-order valence-corrected chi connectivity index (χ0v) is 10.8. The molecule has 0 aromatic rings. The zero-order chi connectivity index (χ0) is 10.3. The number of rotatable bonds is 7. The van der Waals surface area contributed by atoms with Crippen LogP contribution in [0.25, 0.3) is 0 Å². The Morgan fingerprint density at radius 2 is 1.54 bits per heavy atom. The van der Waals surface area contributed by atoms with E-state index >= 15 is 0 Å². The van der Waals surface area contributed by atoms with Gasteiger partial charge in [-0.25, -0.2) is 0 Å². The minimum absolute atomic E-state index is 0.633. The molecule has 0 saturated heterocycles. The zero-order valence-electron chi connectivity index (χ0n) is 9.67. The van der Waals surface area contributed by atoms with Gasteiger partial charge >= 0.3 is 9.28 Å². The topological polar surface area (TPSA) is 18.5 Å². The van der Waals surface area contributed by atoms with Crippen LogP contribution in [0.1, 0.15) is 40.0 Å². The van der Waals surface area contributed by atoms with E-state index in [4.69, 9.17) is 8.85 Å². The monoisotopic (exact) mass is 204 g/mol. The molecule has 2 nitrogen and oxygen atoms in total. The van der Waals surface area contributed by atoms with Crippen molar-refractivity contribution < 1.29 is 8.85 Å². The van der Waals surface area contributed by atoms with E-state index in [2.05, 4.69) is 20.8 Å². The van der Waals surface area contributed by atoms with Crippen molar-refractivity contribution in [1.29, 1.82) is 0 Å². The second-order valence-electron chi connectivity index (χ2n) is 4.14. The Balaban J connectivity index is 3.53. The summed E-state index contributed by atoms with van der Waals surface area (Å²) in [6.45, 7) is 6.78. The predicted molar refractivity (Wildman–Crippen MR) is 59.3 cm³/mol. The molecular formula is C10H24O2Si. The van der Waals surface area contributed by atoms with Crippen LogP contribution in [0.3, 0.4) is 0 Å². The summed E-state index contributed by atoms with van der Waals surface area (Å²) in [5, 5.41) is 0. The van der Waals surface area contributed by atoms with E-state index in [9.17, 15) is 0 Å². The Morgan fingerprint density at radius 1 is 1.00 bits per heavy atom. The molecule has 0 rings (SSSR count). The summed E-state index contributed by atoms with van der Waals surface area (Å²) < 4.78 is 10.7. The van der Waals surface area contributed by atoms with E-state index < -0.39 is 9.28 Å². The standard InChI is InChI=1S/C10H24O2Si/c1-9(2)7-6-8-10(3)13(11-4)12-5/h9-10,13H,6-8H2,1-5H3. The van der Waals surface area contributed by atoms with E-state index in [1.807, 2.05) is 0 Å². The molecule has 0 radical (unpaired) electrons. The first-order chi connectivity index (χ1) is 6.11.